The van der Waals surface area contributed by atoms with Crippen LogP contribution in [0.3, 0.4) is 0 Å². The number of rotatable bonds is 6. The fourth-order valence-electron chi connectivity index (χ4n) is 2.68. The predicted molar refractivity (Wildman–Crippen MR) is 86.4 cm³/mol. The molecule has 0 aliphatic heterocycles. The lowest BCUT2D eigenvalue weighted by Gasteiger charge is -2.18. The highest BCUT2D eigenvalue weighted by molar-refractivity contribution is 5.77. The third kappa shape index (κ3) is 4.14. The van der Waals surface area contributed by atoms with Crippen molar-refractivity contribution in [2.24, 2.45) is 5.92 Å². The molecule has 5 nitrogen and oxygen atoms in total. The molecule has 24 heavy (non-hydrogen) atoms. The fourth-order valence-corrected chi connectivity index (χ4v) is 2.68. The molecule has 0 bridgehead atoms. The topological polar surface area (TPSA) is 75.1 Å². The van der Waals surface area contributed by atoms with Gasteiger partial charge < -0.3 is 10.4 Å². The van der Waals surface area contributed by atoms with Gasteiger partial charge in [0.15, 0.2) is 5.82 Å². The van der Waals surface area contributed by atoms with Crippen molar-refractivity contribution >= 4 is 5.91 Å². The molecule has 1 aliphatic carbocycles. The third-order valence-electron chi connectivity index (χ3n) is 4.11. The number of aryl methyl sites for hydroxylation is 1. The third-order valence-corrected chi connectivity index (χ3v) is 4.11. The van der Waals surface area contributed by atoms with Gasteiger partial charge in [0.1, 0.15) is 5.82 Å². The summed E-state index contributed by atoms with van der Waals surface area (Å²) in [6.45, 7) is 1.88. The van der Waals surface area contributed by atoms with E-state index in [0.29, 0.717) is 17.3 Å². The van der Waals surface area contributed by atoms with Crippen LogP contribution in [0.1, 0.15) is 48.5 Å². The number of aromatic nitrogens is 2. The van der Waals surface area contributed by atoms with E-state index < -0.39 is 11.9 Å². The molecule has 0 radical (unpaired) electrons. The van der Waals surface area contributed by atoms with Crippen LogP contribution in [-0.2, 0) is 4.79 Å². The molecular formula is C18H20FN3O2. The minimum Gasteiger partial charge on any atom is -0.388 e. The van der Waals surface area contributed by atoms with Gasteiger partial charge in [0.2, 0.25) is 5.91 Å². The SMILES string of the molecule is Cc1ccnc(C(NC(=O)CC(O)c2cccc(F)c2)C2CC2)n1. The zero-order valence-corrected chi connectivity index (χ0v) is 13.4. The summed E-state index contributed by atoms with van der Waals surface area (Å²) in [5.74, 6) is 0.206. The van der Waals surface area contributed by atoms with E-state index in [1.807, 2.05) is 13.0 Å². The van der Waals surface area contributed by atoms with Crippen LogP contribution in [0.15, 0.2) is 36.5 Å². The monoisotopic (exact) mass is 329 g/mol. The summed E-state index contributed by atoms with van der Waals surface area (Å²) >= 11 is 0. The van der Waals surface area contributed by atoms with Gasteiger partial charge in [-0.3, -0.25) is 4.79 Å². The van der Waals surface area contributed by atoms with Gasteiger partial charge in [0.05, 0.1) is 18.6 Å². The highest BCUT2D eigenvalue weighted by Gasteiger charge is 2.35. The number of carbonyl (C=O) groups is 1. The Bertz CT molecular complexity index is 734. The van der Waals surface area contributed by atoms with E-state index in [2.05, 4.69) is 15.3 Å². The van der Waals surface area contributed by atoms with Crippen LogP contribution in [-0.4, -0.2) is 21.0 Å². The van der Waals surface area contributed by atoms with E-state index in [1.54, 1.807) is 12.3 Å². The molecule has 1 aromatic carbocycles. The van der Waals surface area contributed by atoms with Crippen molar-refractivity contribution in [3.8, 4) is 0 Å². The number of hydrogen-bond donors (Lipinski definition) is 2. The van der Waals surface area contributed by atoms with Crippen molar-refractivity contribution in [2.45, 2.75) is 38.3 Å². The summed E-state index contributed by atoms with van der Waals surface area (Å²) in [4.78, 5) is 21.0. The Balaban J connectivity index is 1.66. The molecule has 2 aromatic rings. The van der Waals surface area contributed by atoms with Crippen LogP contribution in [0.4, 0.5) is 4.39 Å². The van der Waals surface area contributed by atoms with E-state index in [9.17, 15) is 14.3 Å². The van der Waals surface area contributed by atoms with Gasteiger partial charge >= 0.3 is 0 Å². The van der Waals surface area contributed by atoms with Crippen molar-refractivity contribution in [1.29, 1.82) is 0 Å². The summed E-state index contributed by atoms with van der Waals surface area (Å²) in [6, 6.07) is 7.22. The second-order valence-corrected chi connectivity index (χ2v) is 6.21. The first-order valence-corrected chi connectivity index (χ1v) is 8.05. The Kier molecular flexibility index (Phi) is 4.85. The molecule has 1 heterocycles. The molecule has 2 N–H and O–H groups in total. The van der Waals surface area contributed by atoms with Gasteiger partial charge in [-0.25, -0.2) is 14.4 Å². The summed E-state index contributed by atoms with van der Waals surface area (Å²) in [6.07, 6.45) is 2.56. The van der Waals surface area contributed by atoms with Crippen molar-refractivity contribution in [1.82, 2.24) is 15.3 Å². The smallest absolute Gasteiger partial charge is 0.223 e. The van der Waals surface area contributed by atoms with Crippen molar-refractivity contribution in [2.75, 3.05) is 0 Å². The molecule has 2 atom stereocenters. The highest BCUT2D eigenvalue weighted by atomic mass is 19.1. The molecule has 2 unspecified atom stereocenters. The second kappa shape index (κ2) is 7.05. The largest absolute Gasteiger partial charge is 0.388 e. The fraction of sp³-hybridized carbons (Fsp3) is 0.389. The number of benzene rings is 1. The van der Waals surface area contributed by atoms with Gasteiger partial charge in [-0.05, 0) is 49.4 Å². The molecule has 3 rings (SSSR count). The molecule has 1 saturated carbocycles. The minimum atomic E-state index is -1.04. The Morgan fingerprint density at radius 1 is 1.42 bits per heavy atom. The normalized spacial score (nSPS) is 16.5. The summed E-state index contributed by atoms with van der Waals surface area (Å²) in [7, 11) is 0. The number of carbonyl (C=O) groups excluding carboxylic acids is 1. The average molecular weight is 329 g/mol. The zero-order chi connectivity index (χ0) is 17.1. The van der Waals surface area contributed by atoms with Gasteiger partial charge in [-0.2, -0.15) is 0 Å². The Morgan fingerprint density at radius 2 is 2.21 bits per heavy atom. The second-order valence-electron chi connectivity index (χ2n) is 6.21. The first kappa shape index (κ1) is 16.5. The van der Waals surface area contributed by atoms with Crippen LogP contribution < -0.4 is 5.32 Å². The van der Waals surface area contributed by atoms with Crippen LogP contribution in [0.25, 0.3) is 0 Å². The molecule has 1 amide bonds. The van der Waals surface area contributed by atoms with Crippen molar-refractivity contribution < 1.29 is 14.3 Å². The average Bonchev–Trinajstić information content (AvgIpc) is 3.37. The van der Waals surface area contributed by atoms with Gasteiger partial charge in [0, 0.05) is 11.9 Å². The minimum absolute atomic E-state index is 0.126. The molecule has 126 valence electrons. The molecule has 6 heteroatoms. The van der Waals surface area contributed by atoms with E-state index in [-0.39, 0.29) is 18.4 Å². The number of amides is 1. The lowest BCUT2D eigenvalue weighted by Crippen LogP contribution is -2.32. The van der Waals surface area contributed by atoms with Crippen LogP contribution in [0, 0.1) is 18.7 Å². The highest BCUT2D eigenvalue weighted by Crippen LogP contribution is 2.40. The number of halogens is 1. The number of aliphatic hydroxyl groups excluding tert-OH is 1. The maximum absolute atomic E-state index is 13.2. The Labute approximate surface area is 140 Å². The van der Waals surface area contributed by atoms with Crippen LogP contribution in [0.2, 0.25) is 0 Å². The molecular weight excluding hydrogens is 309 g/mol. The molecule has 1 aromatic heterocycles. The maximum Gasteiger partial charge on any atom is 0.223 e. The zero-order valence-electron chi connectivity index (χ0n) is 13.4. The van der Waals surface area contributed by atoms with E-state index >= 15 is 0 Å². The molecule has 1 aliphatic rings. The van der Waals surface area contributed by atoms with E-state index in [0.717, 1.165) is 18.5 Å². The number of nitrogens with zero attached hydrogens (tertiary/aromatic N) is 2. The number of nitrogens with one attached hydrogen (secondary N) is 1. The molecule has 1 fully saturated rings. The van der Waals surface area contributed by atoms with E-state index in [1.165, 1.54) is 18.2 Å². The Hall–Kier alpha value is -2.34. The van der Waals surface area contributed by atoms with Gasteiger partial charge in [-0.15, -0.1) is 0 Å². The van der Waals surface area contributed by atoms with E-state index in [4.69, 9.17) is 0 Å². The quantitative estimate of drug-likeness (QED) is 0.854. The van der Waals surface area contributed by atoms with Crippen molar-refractivity contribution in [3.05, 3.63) is 59.4 Å². The van der Waals surface area contributed by atoms with Crippen LogP contribution >= 0.6 is 0 Å². The standard InChI is InChI=1S/C18H20FN3O2/c1-11-7-8-20-18(21-11)17(12-5-6-12)22-16(24)10-15(23)13-3-2-4-14(19)9-13/h2-4,7-9,12,15,17,23H,5-6,10H2,1H3,(H,22,24). The lowest BCUT2D eigenvalue weighted by molar-refractivity contribution is -0.124. The molecule has 0 saturated heterocycles. The predicted octanol–water partition coefficient (Wildman–Crippen LogP) is 2.62. The first-order valence-electron chi connectivity index (χ1n) is 8.05. The first-order chi connectivity index (χ1) is 11.5. The van der Waals surface area contributed by atoms with Crippen LogP contribution in [0.5, 0.6) is 0 Å². The molecule has 0 spiro atoms. The summed E-state index contributed by atoms with van der Waals surface area (Å²) in [5.41, 5.74) is 1.24. The summed E-state index contributed by atoms with van der Waals surface area (Å²) < 4.78 is 13.2. The number of aliphatic hydroxyl groups is 1. The van der Waals surface area contributed by atoms with Gasteiger partial charge in [0.25, 0.3) is 0 Å². The van der Waals surface area contributed by atoms with Crippen molar-refractivity contribution in [3.63, 3.8) is 0 Å². The number of hydrogen-bond acceptors (Lipinski definition) is 4. The Morgan fingerprint density at radius 3 is 2.88 bits per heavy atom. The lowest BCUT2D eigenvalue weighted by atomic mass is 10.1. The summed E-state index contributed by atoms with van der Waals surface area (Å²) in [5, 5.41) is 13.1. The maximum atomic E-state index is 13.2. The van der Waals surface area contributed by atoms with Gasteiger partial charge in [-0.1, -0.05) is 12.1 Å².